The van der Waals surface area contributed by atoms with Crippen molar-refractivity contribution in [1.29, 1.82) is 0 Å². The van der Waals surface area contributed by atoms with E-state index in [-0.39, 0.29) is 5.91 Å². The predicted octanol–water partition coefficient (Wildman–Crippen LogP) is 2.99. The Labute approximate surface area is 148 Å². The molecule has 1 aliphatic heterocycles. The summed E-state index contributed by atoms with van der Waals surface area (Å²) in [6, 6.07) is 9.12. The van der Waals surface area contributed by atoms with Crippen LogP contribution in [-0.2, 0) is 5.54 Å². The van der Waals surface area contributed by atoms with Crippen molar-refractivity contribution in [2.45, 2.75) is 32.2 Å². The van der Waals surface area contributed by atoms with Crippen LogP contribution in [0.15, 0.2) is 30.3 Å². The van der Waals surface area contributed by atoms with E-state index in [2.05, 4.69) is 22.2 Å². The lowest BCUT2D eigenvalue weighted by Crippen LogP contribution is -2.44. The number of rotatable bonds is 4. The van der Waals surface area contributed by atoms with E-state index in [1.807, 2.05) is 37.1 Å². The molecule has 0 spiro atoms. The summed E-state index contributed by atoms with van der Waals surface area (Å²) in [7, 11) is 3.45. The van der Waals surface area contributed by atoms with Crippen molar-refractivity contribution in [2.75, 3.05) is 26.0 Å². The molecule has 1 aromatic heterocycles. The number of benzene rings is 1. The number of ether oxygens (including phenoxy) is 1. The first kappa shape index (κ1) is 17.2. The van der Waals surface area contributed by atoms with Crippen molar-refractivity contribution in [3.05, 3.63) is 47.4 Å². The highest BCUT2D eigenvalue weighted by Crippen LogP contribution is 2.38. The summed E-state index contributed by atoms with van der Waals surface area (Å²) in [4.78, 5) is 24.2. The number of hydrogen-bond acceptors (Lipinski definition) is 5. The Morgan fingerprint density at radius 3 is 2.64 bits per heavy atom. The van der Waals surface area contributed by atoms with E-state index >= 15 is 0 Å². The maximum Gasteiger partial charge on any atom is 0.254 e. The van der Waals surface area contributed by atoms with Crippen molar-refractivity contribution in [3.63, 3.8) is 0 Å². The van der Waals surface area contributed by atoms with Crippen LogP contribution < -0.4 is 10.1 Å². The number of carbonyl (C=O) groups is 1. The smallest absolute Gasteiger partial charge is 0.254 e. The molecule has 1 fully saturated rings. The zero-order valence-corrected chi connectivity index (χ0v) is 15.2. The van der Waals surface area contributed by atoms with Gasteiger partial charge in [-0.2, -0.15) is 0 Å². The Morgan fingerprint density at radius 2 is 2.00 bits per heavy atom. The van der Waals surface area contributed by atoms with Gasteiger partial charge in [0.2, 0.25) is 0 Å². The Balaban J connectivity index is 1.95. The molecule has 25 heavy (non-hydrogen) atoms. The average Bonchev–Trinajstić information content (AvgIpc) is 3.03. The van der Waals surface area contributed by atoms with Gasteiger partial charge in [0.15, 0.2) is 5.82 Å². The molecule has 132 valence electrons. The predicted molar refractivity (Wildman–Crippen MR) is 96.9 cm³/mol. The summed E-state index contributed by atoms with van der Waals surface area (Å²) in [5, 5.41) is 3.07. The lowest BCUT2D eigenvalue weighted by atomic mass is 9.96. The molecular weight excluding hydrogens is 316 g/mol. The second kappa shape index (κ2) is 6.70. The standard InChI is InChI=1S/C19H24N4O2/c1-13-12-16(20-3)22-18(21-13)19(2)10-5-11-23(19)17(24)14-6-8-15(25-4)9-7-14/h6-9,12H,5,10-11H2,1-4H3,(H,20,21,22)/t19-/m0/s1. The molecule has 0 radical (unpaired) electrons. The third kappa shape index (κ3) is 3.16. The van der Waals surface area contributed by atoms with E-state index in [4.69, 9.17) is 4.74 Å². The molecule has 1 N–H and O–H groups in total. The first-order valence-corrected chi connectivity index (χ1v) is 8.48. The Hall–Kier alpha value is -2.63. The van der Waals surface area contributed by atoms with Crippen molar-refractivity contribution in [1.82, 2.24) is 14.9 Å². The molecule has 3 rings (SSSR count). The molecule has 1 saturated heterocycles. The number of anilines is 1. The second-order valence-electron chi connectivity index (χ2n) is 6.53. The number of amides is 1. The first-order valence-electron chi connectivity index (χ1n) is 8.48. The lowest BCUT2D eigenvalue weighted by Gasteiger charge is -2.34. The SMILES string of the molecule is CNc1cc(C)nc([C@]2(C)CCCN2C(=O)c2ccc(OC)cc2)n1. The van der Waals surface area contributed by atoms with Crippen LogP contribution in [-0.4, -0.2) is 41.5 Å². The minimum Gasteiger partial charge on any atom is -0.497 e. The molecule has 1 aliphatic rings. The van der Waals surface area contributed by atoms with Gasteiger partial charge >= 0.3 is 0 Å². The summed E-state index contributed by atoms with van der Waals surface area (Å²) in [6.45, 7) is 4.70. The lowest BCUT2D eigenvalue weighted by molar-refractivity contribution is 0.0604. The zero-order valence-electron chi connectivity index (χ0n) is 15.2. The van der Waals surface area contributed by atoms with Crippen LogP contribution in [0.4, 0.5) is 5.82 Å². The van der Waals surface area contributed by atoms with Gasteiger partial charge in [0.1, 0.15) is 17.1 Å². The van der Waals surface area contributed by atoms with Crippen LogP contribution in [0.25, 0.3) is 0 Å². The van der Waals surface area contributed by atoms with Crippen LogP contribution in [0.3, 0.4) is 0 Å². The van der Waals surface area contributed by atoms with E-state index in [1.165, 1.54) is 0 Å². The molecule has 0 saturated carbocycles. The maximum absolute atomic E-state index is 13.1. The Morgan fingerprint density at radius 1 is 1.28 bits per heavy atom. The highest BCUT2D eigenvalue weighted by molar-refractivity contribution is 5.95. The largest absolute Gasteiger partial charge is 0.497 e. The molecule has 6 heteroatoms. The number of nitrogens with one attached hydrogen (secondary N) is 1. The van der Waals surface area contributed by atoms with Gasteiger partial charge in [0.25, 0.3) is 5.91 Å². The van der Waals surface area contributed by atoms with Gasteiger partial charge < -0.3 is 15.0 Å². The van der Waals surface area contributed by atoms with Crippen molar-refractivity contribution >= 4 is 11.7 Å². The molecule has 2 heterocycles. The van der Waals surface area contributed by atoms with Crippen molar-refractivity contribution in [2.24, 2.45) is 0 Å². The van der Waals surface area contributed by atoms with Crippen LogP contribution >= 0.6 is 0 Å². The highest BCUT2D eigenvalue weighted by atomic mass is 16.5. The van der Waals surface area contributed by atoms with Crippen LogP contribution in [0.1, 0.15) is 41.6 Å². The number of carbonyl (C=O) groups excluding carboxylic acids is 1. The fourth-order valence-corrected chi connectivity index (χ4v) is 3.35. The summed E-state index contributed by atoms with van der Waals surface area (Å²) in [5.41, 5.74) is 1.03. The molecular formula is C19H24N4O2. The minimum atomic E-state index is -0.505. The van der Waals surface area contributed by atoms with Gasteiger partial charge in [0, 0.05) is 30.9 Å². The van der Waals surface area contributed by atoms with Crippen molar-refractivity contribution < 1.29 is 9.53 Å². The molecule has 0 bridgehead atoms. The highest BCUT2D eigenvalue weighted by Gasteiger charge is 2.43. The normalized spacial score (nSPS) is 19.8. The summed E-state index contributed by atoms with van der Waals surface area (Å²) in [6.07, 6.45) is 1.78. The van der Waals surface area contributed by atoms with E-state index in [9.17, 15) is 4.79 Å². The van der Waals surface area contributed by atoms with Crippen LogP contribution in [0.5, 0.6) is 5.75 Å². The molecule has 1 atom stereocenters. The number of hydrogen-bond donors (Lipinski definition) is 1. The summed E-state index contributed by atoms with van der Waals surface area (Å²) < 4.78 is 5.17. The number of nitrogens with zero attached hydrogens (tertiary/aromatic N) is 3. The number of aryl methyl sites for hydroxylation is 1. The zero-order chi connectivity index (χ0) is 18.0. The van der Waals surface area contributed by atoms with Gasteiger partial charge in [-0.15, -0.1) is 0 Å². The quantitative estimate of drug-likeness (QED) is 0.927. The number of likely N-dealkylation sites (tertiary alicyclic amines) is 1. The fourth-order valence-electron chi connectivity index (χ4n) is 3.35. The van der Waals surface area contributed by atoms with Gasteiger partial charge in [-0.25, -0.2) is 9.97 Å². The van der Waals surface area contributed by atoms with Gasteiger partial charge in [-0.3, -0.25) is 4.79 Å². The third-order valence-electron chi connectivity index (χ3n) is 4.82. The average molecular weight is 340 g/mol. The first-order chi connectivity index (χ1) is 12.0. The Kier molecular flexibility index (Phi) is 4.61. The van der Waals surface area contributed by atoms with Gasteiger partial charge in [-0.05, 0) is 51.0 Å². The van der Waals surface area contributed by atoms with Crippen LogP contribution in [0, 0.1) is 6.92 Å². The van der Waals surface area contributed by atoms with Crippen molar-refractivity contribution in [3.8, 4) is 5.75 Å². The maximum atomic E-state index is 13.1. The molecule has 0 unspecified atom stereocenters. The third-order valence-corrected chi connectivity index (χ3v) is 4.82. The summed E-state index contributed by atoms with van der Waals surface area (Å²) >= 11 is 0. The molecule has 0 aliphatic carbocycles. The molecule has 1 aromatic carbocycles. The fraction of sp³-hybridized carbons (Fsp3) is 0.421. The van der Waals surface area contributed by atoms with Gasteiger partial charge in [0.05, 0.1) is 7.11 Å². The number of aromatic nitrogens is 2. The van der Waals surface area contributed by atoms with E-state index in [1.54, 1.807) is 19.2 Å². The number of methoxy groups -OCH3 is 1. The second-order valence-corrected chi connectivity index (χ2v) is 6.53. The monoisotopic (exact) mass is 340 g/mol. The topological polar surface area (TPSA) is 67.4 Å². The Bertz CT molecular complexity index is 775. The minimum absolute atomic E-state index is 0.00114. The molecule has 1 amide bonds. The molecule has 2 aromatic rings. The van der Waals surface area contributed by atoms with Crippen LogP contribution in [0.2, 0.25) is 0 Å². The van der Waals surface area contributed by atoms with E-state index < -0.39 is 5.54 Å². The summed E-state index contributed by atoms with van der Waals surface area (Å²) in [5.74, 6) is 2.20. The van der Waals surface area contributed by atoms with E-state index in [0.717, 1.165) is 30.1 Å². The van der Waals surface area contributed by atoms with E-state index in [0.29, 0.717) is 17.9 Å². The van der Waals surface area contributed by atoms with Gasteiger partial charge in [-0.1, -0.05) is 0 Å². The molecule has 6 nitrogen and oxygen atoms in total.